The molecule has 44 heavy (non-hydrogen) atoms. The number of rotatable bonds is 11. The number of halogens is 1. The highest BCUT2D eigenvalue weighted by molar-refractivity contribution is 6.00. The summed E-state index contributed by atoms with van der Waals surface area (Å²) in [5.41, 5.74) is 3.26. The van der Waals surface area contributed by atoms with Crippen LogP contribution in [0.5, 0.6) is 11.5 Å². The Morgan fingerprint density at radius 2 is 1.93 bits per heavy atom. The summed E-state index contributed by atoms with van der Waals surface area (Å²) in [6.45, 7) is 5.48. The second kappa shape index (κ2) is 14.6. The molecule has 0 saturated carbocycles. The molecule has 3 heterocycles. The van der Waals surface area contributed by atoms with Crippen molar-refractivity contribution in [3.63, 3.8) is 0 Å². The molecule has 1 unspecified atom stereocenters. The maximum Gasteiger partial charge on any atom is 0.323 e. The van der Waals surface area contributed by atoms with Crippen molar-refractivity contribution in [2.75, 3.05) is 43.4 Å². The minimum absolute atomic E-state index is 0.104. The number of amides is 3. The highest BCUT2D eigenvalue weighted by atomic mass is 19.1. The number of carbonyl (C=O) groups excluding carboxylic acids is 2. The first-order chi connectivity index (χ1) is 21.4. The molecule has 3 amide bonds. The Balaban J connectivity index is 1.10. The number of aliphatic hydroxyl groups excluding tert-OH is 1. The third-order valence-electron chi connectivity index (χ3n) is 7.47. The van der Waals surface area contributed by atoms with Crippen molar-refractivity contribution in [1.82, 2.24) is 20.2 Å². The van der Waals surface area contributed by atoms with Gasteiger partial charge in [-0.05, 0) is 99.3 Å². The van der Waals surface area contributed by atoms with E-state index in [4.69, 9.17) is 4.74 Å². The standard InChI is InChI=1S/C33H37FN6O4/c1-22-5-10-28(34)29(16-22)39-33(43)38-25-6-8-26(9-7-25)44-27-11-13-35-31(18-27)30-17-24(19-37-30)32(42)36-12-3-15-40-14-2-4-23(20-40)21-41/h5-11,13,16-19,23,37,41H,2-4,12,14-15,20-21H2,1H3,(H,36,42)(H2,38,39,43). The van der Waals surface area contributed by atoms with E-state index in [9.17, 15) is 19.1 Å². The number of carbonyl (C=O) groups is 2. The summed E-state index contributed by atoms with van der Waals surface area (Å²) < 4.78 is 19.9. The zero-order valence-corrected chi connectivity index (χ0v) is 24.6. The third kappa shape index (κ3) is 8.42. The minimum atomic E-state index is -0.560. The van der Waals surface area contributed by atoms with Gasteiger partial charge in [0.1, 0.15) is 17.3 Å². The van der Waals surface area contributed by atoms with Gasteiger partial charge in [0.25, 0.3) is 5.91 Å². The molecule has 2 aromatic heterocycles. The molecule has 0 spiro atoms. The number of piperidine rings is 1. The number of hydrogen-bond donors (Lipinski definition) is 5. The van der Waals surface area contributed by atoms with Gasteiger partial charge in [-0.3, -0.25) is 9.78 Å². The Morgan fingerprint density at radius 3 is 2.75 bits per heavy atom. The number of likely N-dealkylation sites (tertiary alicyclic amines) is 1. The molecular formula is C33H37FN6O4. The Hall–Kier alpha value is -4.74. The van der Waals surface area contributed by atoms with Gasteiger partial charge in [0.05, 0.1) is 22.6 Å². The van der Waals surface area contributed by atoms with E-state index in [0.717, 1.165) is 44.5 Å². The fourth-order valence-corrected chi connectivity index (χ4v) is 5.17. The van der Waals surface area contributed by atoms with E-state index in [0.29, 0.717) is 46.6 Å². The van der Waals surface area contributed by atoms with Gasteiger partial charge in [-0.15, -0.1) is 0 Å². The van der Waals surface area contributed by atoms with Crippen LogP contribution in [-0.2, 0) is 0 Å². The molecule has 0 bridgehead atoms. The molecule has 1 fully saturated rings. The largest absolute Gasteiger partial charge is 0.457 e. The molecule has 1 aliphatic heterocycles. The Kier molecular flexibility index (Phi) is 10.2. The fraction of sp³-hybridized carbons (Fsp3) is 0.303. The first-order valence-electron chi connectivity index (χ1n) is 14.7. The molecular weight excluding hydrogens is 563 g/mol. The lowest BCUT2D eigenvalue weighted by atomic mass is 9.99. The summed E-state index contributed by atoms with van der Waals surface area (Å²) in [6.07, 6.45) is 6.31. The zero-order valence-electron chi connectivity index (χ0n) is 24.6. The summed E-state index contributed by atoms with van der Waals surface area (Å²) in [4.78, 5) is 34.9. The molecule has 0 aliphatic carbocycles. The molecule has 2 aromatic carbocycles. The van der Waals surface area contributed by atoms with E-state index in [2.05, 4.69) is 30.8 Å². The molecule has 11 heteroatoms. The summed E-state index contributed by atoms with van der Waals surface area (Å²) in [5, 5.41) is 17.6. The van der Waals surface area contributed by atoms with Crippen LogP contribution < -0.4 is 20.7 Å². The number of nitrogens with zero attached hydrogens (tertiary/aromatic N) is 2. The maximum absolute atomic E-state index is 13.9. The van der Waals surface area contributed by atoms with Crippen LogP contribution in [0, 0.1) is 18.7 Å². The molecule has 0 radical (unpaired) electrons. The molecule has 5 rings (SSSR count). The van der Waals surface area contributed by atoms with E-state index >= 15 is 0 Å². The van der Waals surface area contributed by atoms with Crippen molar-refractivity contribution in [3.8, 4) is 22.9 Å². The van der Waals surface area contributed by atoms with Crippen LogP contribution in [0.25, 0.3) is 11.4 Å². The predicted molar refractivity (Wildman–Crippen MR) is 168 cm³/mol. The van der Waals surface area contributed by atoms with Gasteiger partial charge < -0.3 is 35.7 Å². The van der Waals surface area contributed by atoms with Gasteiger partial charge in [-0.1, -0.05) is 6.07 Å². The van der Waals surface area contributed by atoms with Gasteiger partial charge in [-0.25, -0.2) is 9.18 Å². The van der Waals surface area contributed by atoms with Crippen LogP contribution >= 0.6 is 0 Å². The van der Waals surface area contributed by atoms with Gasteiger partial charge in [0.2, 0.25) is 0 Å². The number of aromatic amines is 1. The first-order valence-corrected chi connectivity index (χ1v) is 14.7. The van der Waals surface area contributed by atoms with E-state index in [1.54, 1.807) is 67.0 Å². The number of pyridine rings is 1. The van der Waals surface area contributed by atoms with Crippen LogP contribution in [0.3, 0.4) is 0 Å². The third-order valence-corrected chi connectivity index (χ3v) is 7.47. The van der Waals surface area contributed by atoms with E-state index in [1.165, 1.54) is 6.07 Å². The SMILES string of the molecule is Cc1ccc(F)c(NC(=O)Nc2ccc(Oc3ccnc(-c4cc(C(=O)NCCCN5CCCC(CO)C5)c[nH]4)c3)cc2)c1. The number of aromatic nitrogens is 2. The molecule has 10 nitrogen and oxygen atoms in total. The van der Waals surface area contributed by atoms with E-state index in [-0.39, 0.29) is 18.2 Å². The van der Waals surface area contributed by atoms with Crippen molar-refractivity contribution < 1.29 is 23.8 Å². The number of aliphatic hydroxyl groups is 1. The second-order valence-corrected chi connectivity index (χ2v) is 11.0. The topological polar surface area (TPSA) is 132 Å². The molecule has 1 aliphatic rings. The van der Waals surface area contributed by atoms with Crippen LogP contribution in [0.1, 0.15) is 35.2 Å². The van der Waals surface area contributed by atoms with E-state index in [1.807, 2.05) is 6.92 Å². The average Bonchev–Trinajstić information content (AvgIpc) is 3.53. The van der Waals surface area contributed by atoms with Crippen molar-refractivity contribution >= 4 is 23.3 Å². The Bertz CT molecular complexity index is 1570. The summed E-state index contributed by atoms with van der Waals surface area (Å²) in [5.74, 6) is 0.780. The maximum atomic E-state index is 13.9. The summed E-state index contributed by atoms with van der Waals surface area (Å²) in [7, 11) is 0. The zero-order chi connectivity index (χ0) is 30.9. The molecule has 230 valence electrons. The molecule has 1 saturated heterocycles. The normalized spacial score (nSPS) is 15.0. The molecule has 1 atom stereocenters. The van der Waals surface area contributed by atoms with Crippen molar-refractivity contribution in [2.45, 2.75) is 26.2 Å². The number of hydrogen-bond acceptors (Lipinski definition) is 6. The molecule has 4 aromatic rings. The summed E-state index contributed by atoms with van der Waals surface area (Å²) in [6, 6.07) is 15.9. The number of H-pyrrole nitrogens is 1. The highest BCUT2D eigenvalue weighted by Gasteiger charge is 2.19. The van der Waals surface area contributed by atoms with Gasteiger partial charge in [0.15, 0.2) is 0 Å². The lowest BCUT2D eigenvalue weighted by molar-refractivity contribution is 0.0946. The van der Waals surface area contributed by atoms with Crippen LogP contribution in [0.4, 0.5) is 20.6 Å². The van der Waals surface area contributed by atoms with Crippen molar-refractivity contribution in [3.05, 3.63) is 90.0 Å². The van der Waals surface area contributed by atoms with Gasteiger partial charge in [0, 0.05) is 43.8 Å². The number of ether oxygens (including phenoxy) is 1. The van der Waals surface area contributed by atoms with Crippen molar-refractivity contribution in [2.24, 2.45) is 5.92 Å². The predicted octanol–water partition coefficient (Wildman–Crippen LogP) is 5.78. The summed E-state index contributed by atoms with van der Waals surface area (Å²) >= 11 is 0. The average molecular weight is 601 g/mol. The van der Waals surface area contributed by atoms with Crippen LogP contribution in [0.2, 0.25) is 0 Å². The second-order valence-electron chi connectivity index (χ2n) is 11.0. The smallest absolute Gasteiger partial charge is 0.323 e. The van der Waals surface area contributed by atoms with Crippen LogP contribution in [0.15, 0.2) is 73.1 Å². The van der Waals surface area contributed by atoms with E-state index < -0.39 is 11.8 Å². The van der Waals surface area contributed by atoms with Crippen molar-refractivity contribution in [1.29, 1.82) is 0 Å². The molecule has 5 N–H and O–H groups in total. The lowest BCUT2D eigenvalue weighted by Crippen LogP contribution is -2.38. The highest BCUT2D eigenvalue weighted by Crippen LogP contribution is 2.27. The van der Waals surface area contributed by atoms with Crippen LogP contribution in [-0.4, -0.2) is 64.7 Å². The number of urea groups is 1. The number of nitrogens with one attached hydrogen (secondary N) is 4. The first kappa shape index (κ1) is 30.7. The minimum Gasteiger partial charge on any atom is -0.457 e. The monoisotopic (exact) mass is 600 g/mol. The van der Waals surface area contributed by atoms with Gasteiger partial charge in [-0.2, -0.15) is 0 Å². The number of anilines is 2. The number of benzene rings is 2. The fourth-order valence-electron chi connectivity index (χ4n) is 5.17. The van der Waals surface area contributed by atoms with Gasteiger partial charge >= 0.3 is 6.03 Å². The Labute approximate surface area is 255 Å². The number of aryl methyl sites for hydroxylation is 1. The Morgan fingerprint density at radius 1 is 1.09 bits per heavy atom. The lowest BCUT2D eigenvalue weighted by Gasteiger charge is -2.31. The quantitative estimate of drug-likeness (QED) is 0.139.